The smallest absolute Gasteiger partial charge is 0.274 e. The van der Waals surface area contributed by atoms with Crippen LogP contribution in [0.25, 0.3) is 22.0 Å². The summed E-state index contributed by atoms with van der Waals surface area (Å²) in [6.45, 7) is 5.83. The number of hydrogen-bond donors (Lipinski definition) is 2. The van der Waals surface area contributed by atoms with E-state index in [4.69, 9.17) is 9.47 Å². The van der Waals surface area contributed by atoms with E-state index in [9.17, 15) is 14.4 Å². The Labute approximate surface area is 190 Å². The summed E-state index contributed by atoms with van der Waals surface area (Å²) in [5.41, 5.74) is 2.59. The molecule has 1 aromatic carbocycles. The summed E-state index contributed by atoms with van der Waals surface area (Å²) in [6, 6.07) is 5.29. The van der Waals surface area contributed by atoms with Gasteiger partial charge in [-0.3, -0.25) is 14.4 Å². The fraction of sp³-hybridized carbons (Fsp3) is 0.375. The van der Waals surface area contributed by atoms with Crippen molar-refractivity contribution in [3.05, 3.63) is 46.5 Å². The van der Waals surface area contributed by atoms with Crippen LogP contribution >= 0.6 is 0 Å². The number of nitrogens with one attached hydrogen (secondary N) is 2. The summed E-state index contributed by atoms with van der Waals surface area (Å²) < 4.78 is 13.1. The van der Waals surface area contributed by atoms with Crippen molar-refractivity contribution in [3.63, 3.8) is 0 Å². The Morgan fingerprint density at radius 3 is 2.64 bits per heavy atom. The van der Waals surface area contributed by atoms with Gasteiger partial charge in [-0.2, -0.15) is 0 Å². The van der Waals surface area contributed by atoms with Crippen molar-refractivity contribution in [2.45, 2.75) is 20.0 Å². The lowest BCUT2D eigenvalue weighted by molar-refractivity contribution is -0.125. The number of benzene rings is 1. The molecule has 2 amide bonds. The van der Waals surface area contributed by atoms with Crippen LogP contribution in [-0.2, 0) is 16.6 Å². The molecular formula is C24H26N4O5. The number of rotatable bonds is 3. The number of anilines is 1. The Kier molecular flexibility index (Phi) is 5.20. The summed E-state index contributed by atoms with van der Waals surface area (Å²) in [7, 11) is 1.68. The zero-order chi connectivity index (χ0) is 23.3. The summed E-state index contributed by atoms with van der Waals surface area (Å²) in [5.74, 6) is 0.0606. The van der Waals surface area contributed by atoms with Crippen LogP contribution in [0.15, 0.2) is 35.4 Å². The molecule has 9 nitrogen and oxygen atoms in total. The van der Waals surface area contributed by atoms with Gasteiger partial charge in [0.1, 0.15) is 5.52 Å². The Balaban J connectivity index is 1.72. The predicted molar refractivity (Wildman–Crippen MR) is 124 cm³/mol. The number of H-pyrrole nitrogens is 1. The molecule has 1 unspecified atom stereocenters. The maximum atomic E-state index is 13.3. The topological polar surface area (TPSA) is 106 Å². The van der Waals surface area contributed by atoms with Gasteiger partial charge >= 0.3 is 0 Å². The van der Waals surface area contributed by atoms with E-state index in [0.717, 1.165) is 10.9 Å². The van der Waals surface area contributed by atoms with Gasteiger partial charge in [-0.25, -0.2) is 0 Å². The molecule has 1 saturated heterocycles. The largest absolute Gasteiger partial charge is 0.477 e. The average Bonchev–Trinajstić information content (AvgIpc) is 3.30. The third kappa shape index (κ3) is 3.58. The zero-order valence-electron chi connectivity index (χ0n) is 18.8. The van der Waals surface area contributed by atoms with Crippen LogP contribution in [-0.4, -0.2) is 58.7 Å². The first-order valence-electron chi connectivity index (χ1n) is 11.0. The van der Waals surface area contributed by atoms with Crippen molar-refractivity contribution in [2.75, 3.05) is 31.6 Å². The SMILES string of the molecule is CC(C)C1Oc2c(cc(C(=O)N3CCOCC3)cc2-c2cn(C)c(=O)c3[nH]ccc23)NC1=O. The Morgan fingerprint density at radius 2 is 1.91 bits per heavy atom. The summed E-state index contributed by atoms with van der Waals surface area (Å²) >= 11 is 0. The minimum Gasteiger partial charge on any atom is -0.477 e. The second kappa shape index (κ2) is 8.08. The minimum atomic E-state index is -0.661. The highest BCUT2D eigenvalue weighted by Gasteiger charge is 2.34. The molecule has 0 radical (unpaired) electrons. The van der Waals surface area contributed by atoms with Crippen LogP contribution in [0, 0.1) is 5.92 Å². The van der Waals surface area contributed by atoms with E-state index in [0.29, 0.717) is 54.4 Å². The van der Waals surface area contributed by atoms with Gasteiger partial charge in [0.15, 0.2) is 11.9 Å². The number of aromatic nitrogens is 2. The lowest BCUT2D eigenvalue weighted by atomic mass is 9.96. The quantitative estimate of drug-likeness (QED) is 0.637. The van der Waals surface area contributed by atoms with Crippen molar-refractivity contribution in [1.82, 2.24) is 14.5 Å². The molecule has 0 saturated carbocycles. The van der Waals surface area contributed by atoms with E-state index in [2.05, 4.69) is 10.3 Å². The average molecular weight is 450 g/mol. The molecule has 0 bridgehead atoms. The van der Waals surface area contributed by atoms with Crippen molar-refractivity contribution in [3.8, 4) is 16.9 Å². The van der Waals surface area contributed by atoms with Gasteiger partial charge in [0.05, 0.1) is 18.9 Å². The summed E-state index contributed by atoms with van der Waals surface area (Å²) in [5, 5.41) is 3.65. The third-order valence-corrected chi connectivity index (χ3v) is 6.19. The molecule has 5 rings (SSSR count). The molecule has 2 aliphatic rings. The van der Waals surface area contributed by atoms with Crippen LogP contribution in [0.5, 0.6) is 5.75 Å². The van der Waals surface area contributed by atoms with Gasteiger partial charge in [0.25, 0.3) is 17.4 Å². The van der Waals surface area contributed by atoms with Crippen LogP contribution < -0.4 is 15.6 Å². The molecule has 3 aromatic rings. The van der Waals surface area contributed by atoms with E-state index in [1.54, 1.807) is 36.5 Å². The molecule has 2 N–H and O–H groups in total. The number of aromatic amines is 1. The number of nitrogens with zero attached hydrogens (tertiary/aromatic N) is 2. The Bertz CT molecular complexity index is 1320. The van der Waals surface area contributed by atoms with E-state index in [-0.39, 0.29) is 23.3 Å². The predicted octanol–water partition coefficient (Wildman–Crippen LogP) is 2.36. The standard InChI is InChI=1S/C24H26N4O5/c1-13(2)20-22(29)26-18-11-14(23(30)28-6-8-32-9-7-28)10-16(21(18)33-20)17-12-27(3)24(31)19-15(17)4-5-25-19/h4-5,10-13,20,25H,6-9H2,1-3H3,(H,26,29). The number of aryl methyl sites for hydroxylation is 1. The van der Waals surface area contributed by atoms with Crippen LogP contribution in [0.3, 0.4) is 0 Å². The van der Waals surface area contributed by atoms with Crippen LogP contribution in [0.4, 0.5) is 5.69 Å². The fourth-order valence-electron chi connectivity index (χ4n) is 4.43. The van der Waals surface area contributed by atoms with E-state index >= 15 is 0 Å². The number of pyridine rings is 1. The molecule has 0 aliphatic carbocycles. The number of carbonyl (C=O) groups excluding carboxylic acids is 2. The molecule has 33 heavy (non-hydrogen) atoms. The zero-order valence-corrected chi connectivity index (χ0v) is 18.8. The first-order chi connectivity index (χ1) is 15.8. The molecule has 2 aliphatic heterocycles. The van der Waals surface area contributed by atoms with E-state index in [1.807, 2.05) is 19.9 Å². The number of fused-ring (bicyclic) bond motifs is 2. The third-order valence-electron chi connectivity index (χ3n) is 6.19. The first kappa shape index (κ1) is 21.3. The van der Waals surface area contributed by atoms with Gasteiger partial charge in [-0.05, 0) is 24.1 Å². The molecular weight excluding hydrogens is 424 g/mol. The monoisotopic (exact) mass is 450 g/mol. The van der Waals surface area contributed by atoms with Crippen LogP contribution in [0.2, 0.25) is 0 Å². The minimum absolute atomic E-state index is 0.0481. The van der Waals surface area contributed by atoms with Gasteiger partial charge in [0, 0.05) is 54.6 Å². The van der Waals surface area contributed by atoms with Crippen molar-refractivity contribution >= 4 is 28.4 Å². The molecule has 1 fully saturated rings. The molecule has 4 heterocycles. The second-order valence-electron chi connectivity index (χ2n) is 8.80. The molecule has 1 atom stereocenters. The van der Waals surface area contributed by atoms with E-state index < -0.39 is 6.10 Å². The summed E-state index contributed by atoms with van der Waals surface area (Å²) in [6.07, 6.45) is 2.79. The van der Waals surface area contributed by atoms with Gasteiger partial charge in [-0.1, -0.05) is 13.8 Å². The lowest BCUT2D eigenvalue weighted by Crippen LogP contribution is -2.42. The number of amides is 2. The maximum Gasteiger partial charge on any atom is 0.274 e. The van der Waals surface area contributed by atoms with Crippen LogP contribution in [0.1, 0.15) is 24.2 Å². The molecule has 9 heteroatoms. The van der Waals surface area contributed by atoms with Gasteiger partial charge in [0.2, 0.25) is 0 Å². The number of hydrogen-bond acceptors (Lipinski definition) is 5. The second-order valence-corrected chi connectivity index (χ2v) is 8.80. The Morgan fingerprint density at radius 1 is 1.15 bits per heavy atom. The number of morpholine rings is 1. The van der Waals surface area contributed by atoms with Gasteiger partial charge in [-0.15, -0.1) is 0 Å². The number of ether oxygens (including phenoxy) is 2. The highest BCUT2D eigenvalue weighted by molar-refractivity contribution is 6.06. The summed E-state index contributed by atoms with van der Waals surface area (Å²) in [4.78, 5) is 43.4. The van der Waals surface area contributed by atoms with E-state index in [1.165, 1.54) is 4.57 Å². The van der Waals surface area contributed by atoms with Gasteiger partial charge < -0.3 is 29.2 Å². The van der Waals surface area contributed by atoms with Crippen molar-refractivity contribution < 1.29 is 19.1 Å². The highest BCUT2D eigenvalue weighted by atomic mass is 16.5. The lowest BCUT2D eigenvalue weighted by Gasteiger charge is -2.31. The Hall–Kier alpha value is -3.59. The van der Waals surface area contributed by atoms with Crippen molar-refractivity contribution in [1.29, 1.82) is 0 Å². The van der Waals surface area contributed by atoms with Crippen molar-refractivity contribution in [2.24, 2.45) is 13.0 Å². The first-order valence-corrected chi connectivity index (χ1v) is 11.0. The fourth-order valence-corrected chi connectivity index (χ4v) is 4.43. The maximum absolute atomic E-state index is 13.3. The molecule has 2 aromatic heterocycles. The molecule has 0 spiro atoms. The highest BCUT2D eigenvalue weighted by Crippen LogP contribution is 2.43. The normalized spacial score (nSPS) is 18.2. The molecule has 172 valence electrons. The number of carbonyl (C=O) groups is 2.